The normalized spacial score (nSPS) is 28.1. The van der Waals surface area contributed by atoms with E-state index in [1.54, 1.807) is 5.57 Å². The van der Waals surface area contributed by atoms with E-state index in [1.807, 2.05) is 0 Å². The monoisotopic (exact) mass is 233 g/mol. The van der Waals surface area contributed by atoms with Crippen molar-refractivity contribution in [2.75, 3.05) is 6.54 Å². The van der Waals surface area contributed by atoms with E-state index in [1.165, 1.54) is 70.8 Å². The summed E-state index contributed by atoms with van der Waals surface area (Å²) in [5.41, 5.74) is 1.78. The molecule has 0 bridgehead atoms. The molecule has 96 valence electrons. The van der Waals surface area contributed by atoms with E-state index >= 15 is 0 Å². The van der Waals surface area contributed by atoms with Gasteiger partial charge in [0, 0.05) is 12.6 Å². The molecule has 17 heavy (non-hydrogen) atoms. The second-order valence-corrected chi connectivity index (χ2v) is 6.42. The maximum Gasteiger partial charge on any atom is 0.0170 e. The Morgan fingerprint density at radius 3 is 2.24 bits per heavy atom. The Morgan fingerprint density at radius 1 is 0.882 bits per heavy atom. The molecule has 0 heterocycles. The van der Waals surface area contributed by atoms with Crippen LogP contribution in [0.25, 0.3) is 0 Å². The third kappa shape index (κ3) is 3.34. The first-order valence-corrected chi connectivity index (χ1v) is 7.86. The van der Waals surface area contributed by atoms with Crippen LogP contribution in [0, 0.1) is 11.8 Å². The van der Waals surface area contributed by atoms with Gasteiger partial charge in [-0.25, -0.2) is 0 Å². The summed E-state index contributed by atoms with van der Waals surface area (Å²) < 4.78 is 0. The first-order valence-electron chi connectivity index (χ1n) is 7.86. The molecular formula is C16H27N. The Bertz CT molecular complexity index is 267. The van der Waals surface area contributed by atoms with Crippen molar-refractivity contribution in [2.24, 2.45) is 11.8 Å². The molecule has 1 N–H and O–H groups in total. The summed E-state index contributed by atoms with van der Waals surface area (Å²) in [5, 5.41) is 3.74. The number of rotatable bonds is 5. The van der Waals surface area contributed by atoms with Crippen LogP contribution in [0.15, 0.2) is 11.6 Å². The average molecular weight is 233 g/mol. The lowest BCUT2D eigenvalue weighted by atomic mass is 9.78. The van der Waals surface area contributed by atoms with Gasteiger partial charge >= 0.3 is 0 Å². The number of nitrogens with one attached hydrogen (secondary N) is 1. The SMILES string of the molecule is C(=C(CNC1CC1)C1CCCCC1)C1CCC1. The van der Waals surface area contributed by atoms with Crippen LogP contribution in [0.3, 0.4) is 0 Å². The Balaban J connectivity index is 1.58. The second kappa shape index (κ2) is 5.56. The molecule has 1 nitrogen and oxygen atoms in total. The van der Waals surface area contributed by atoms with E-state index in [0.717, 1.165) is 17.9 Å². The van der Waals surface area contributed by atoms with Crippen LogP contribution in [0.5, 0.6) is 0 Å². The van der Waals surface area contributed by atoms with Gasteiger partial charge < -0.3 is 5.32 Å². The molecule has 0 aromatic carbocycles. The van der Waals surface area contributed by atoms with Gasteiger partial charge in [-0.3, -0.25) is 0 Å². The topological polar surface area (TPSA) is 12.0 Å². The lowest BCUT2D eigenvalue weighted by Crippen LogP contribution is -2.25. The Kier molecular flexibility index (Phi) is 3.85. The van der Waals surface area contributed by atoms with Gasteiger partial charge in [0.05, 0.1) is 0 Å². The molecule has 3 fully saturated rings. The van der Waals surface area contributed by atoms with Crippen molar-refractivity contribution in [1.82, 2.24) is 5.32 Å². The van der Waals surface area contributed by atoms with Crippen LogP contribution >= 0.6 is 0 Å². The maximum atomic E-state index is 3.74. The Morgan fingerprint density at radius 2 is 1.65 bits per heavy atom. The van der Waals surface area contributed by atoms with Gasteiger partial charge in [-0.15, -0.1) is 0 Å². The molecule has 3 saturated carbocycles. The summed E-state index contributed by atoms with van der Waals surface area (Å²) in [7, 11) is 0. The van der Waals surface area contributed by atoms with Gasteiger partial charge in [-0.05, 0) is 50.4 Å². The van der Waals surface area contributed by atoms with Crippen molar-refractivity contribution < 1.29 is 0 Å². The third-order valence-electron chi connectivity index (χ3n) is 4.90. The maximum absolute atomic E-state index is 3.74. The molecule has 0 aromatic rings. The quantitative estimate of drug-likeness (QED) is 0.707. The van der Waals surface area contributed by atoms with E-state index in [-0.39, 0.29) is 0 Å². The second-order valence-electron chi connectivity index (χ2n) is 6.42. The Labute approximate surface area is 106 Å². The summed E-state index contributed by atoms with van der Waals surface area (Å²) in [4.78, 5) is 0. The summed E-state index contributed by atoms with van der Waals surface area (Å²) in [6, 6.07) is 0.864. The van der Waals surface area contributed by atoms with Crippen LogP contribution in [0.1, 0.15) is 64.2 Å². The molecule has 0 saturated heterocycles. The van der Waals surface area contributed by atoms with E-state index in [9.17, 15) is 0 Å². The number of allylic oxidation sites excluding steroid dienone is 1. The highest BCUT2D eigenvalue weighted by molar-refractivity contribution is 5.13. The van der Waals surface area contributed by atoms with E-state index in [2.05, 4.69) is 11.4 Å². The van der Waals surface area contributed by atoms with E-state index in [4.69, 9.17) is 0 Å². The lowest BCUT2D eigenvalue weighted by molar-refractivity contribution is 0.364. The van der Waals surface area contributed by atoms with Gasteiger partial charge in [0.25, 0.3) is 0 Å². The molecule has 0 atom stereocenters. The molecule has 0 radical (unpaired) electrons. The lowest BCUT2D eigenvalue weighted by Gasteiger charge is -2.29. The largest absolute Gasteiger partial charge is 0.310 e. The van der Waals surface area contributed by atoms with Crippen molar-refractivity contribution in [1.29, 1.82) is 0 Å². The highest BCUT2D eigenvalue weighted by atomic mass is 14.9. The highest BCUT2D eigenvalue weighted by Crippen LogP contribution is 2.34. The molecule has 3 rings (SSSR count). The van der Waals surface area contributed by atoms with Crippen molar-refractivity contribution >= 4 is 0 Å². The van der Waals surface area contributed by atoms with Crippen LogP contribution < -0.4 is 5.32 Å². The number of hydrogen-bond acceptors (Lipinski definition) is 1. The van der Waals surface area contributed by atoms with Gasteiger partial charge in [-0.1, -0.05) is 37.3 Å². The van der Waals surface area contributed by atoms with Crippen LogP contribution in [-0.4, -0.2) is 12.6 Å². The van der Waals surface area contributed by atoms with Crippen molar-refractivity contribution in [3.63, 3.8) is 0 Å². The fraction of sp³-hybridized carbons (Fsp3) is 0.875. The minimum absolute atomic E-state index is 0.864. The van der Waals surface area contributed by atoms with Crippen LogP contribution in [-0.2, 0) is 0 Å². The molecule has 0 spiro atoms. The molecule has 3 aliphatic rings. The van der Waals surface area contributed by atoms with Gasteiger partial charge in [0.15, 0.2) is 0 Å². The minimum Gasteiger partial charge on any atom is -0.310 e. The summed E-state index contributed by atoms with van der Waals surface area (Å²) in [6.45, 7) is 1.20. The summed E-state index contributed by atoms with van der Waals surface area (Å²) >= 11 is 0. The van der Waals surface area contributed by atoms with Crippen molar-refractivity contribution in [3.05, 3.63) is 11.6 Å². The Hall–Kier alpha value is -0.300. The number of hydrogen-bond donors (Lipinski definition) is 1. The first-order chi connectivity index (χ1) is 8.42. The fourth-order valence-electron chi connectivity index (χ4n) is 3.27. The van der Waals surface area contributed by atoms with Crippen LogP contribution in [0.4, 0.5) is 0 Å². The molecule has 3 aliphatic carbocycles. The van der Waals surface area contributed by atoms with Gasteiger partial charge in [0.2, 0.25) is 0 Å². The molecule has 0 aliphatic heterocycles. The van der Waals surface area contributed by atoms with E-state index in [0.29, 0.717) is 0 Å². The van der Waals surface area contributed by atoms with E-state index < -0.39 is 0 Å². The third-order valence-corrected chi connectivity index (χ3v) is 4.90. The molecular weight excluding hydrogens is 206 g/mol. The fourth-order valence-corrected chi connectivity index (χ4v) is 3.27. The van der Waals surface area contributed by atoms with Gasteiger partial charge in [0.1, 0.15) is 0 Å². The van der Waals surface area contributed by atoms with Crippen molar-refractivity contribution in [2.45, 2.75) is 70.3 Å². The summed E-state index contributed by atoms with van der Waals surface area (Å²) in [5.74, 6) is 1.86. The zero-order valence-electron chi connectivity index (χ0n) is 11.1. The summed E-state index contributed by atoms with van der Waals surface area (Å²) in [6.07, 6.45) is 17.2. The molecule has 0 aromatic heterocycles. The van der Waals surface area contributed by atoms with Gasteiger partial charge in [-0.2, -0.15) is 0 Å². The highest BCUT2D eigenvalue weighted by Gasteiger charge is 2.25. The standard InChI is InChI=1S/C16H27N/c1-2-7-14(8-3-1)15(11-13-5-4-6-13)12-17-16-9-10-16/h11,13-14,16-17H,1-10,12H2. The average Bonchev–Trinajstić information content (AvgIpc) is 3.12. The minimum atomic E-state index is 0.864. The predicted molar refractivity (Wildman–Crippen MR) is 73.0 cm³/mol. The zero-order valence-corrected chi connectivity index (χ0v) is 11.1. The van der Waals surface area contributed by atoms with Crippen molar-refractivity contribution in [3.8, 4) is 0 Å². The smallest absolute Gasteiger partial charge is 0.0170 e. The predicted octanol–water partition coefficient (Wildman–Crippen LogP) is 4.05. The molecule has 0 amide bonds. The molecule has 0 unspecified atom stereocenters. The molecule has 1 heteroatoms. The van der Waals surface area contributed by atoms with Crippen LogP contribution in [0.2, 0.25) is 0 Å². The first kappa shape index (κ1) is 11.8. The zero-order chi connectivity index (χ0) is 11.5.